The van der Waals surface area contributed by atoms with E-state index in [9.17, 15) is 13.2 Å². The third kappa shape index (κ3) is 3.70. The fourth-order valence-corrected chi connectivity index (χ4v) is 3.99. The predicted molar refractivity (Wildman–Crippen MR) is 81.9 cm³/mol. The monoisotopic (exact) mass is 310 g/mol. The maximum absolute atomic E-state index is 12.6. The molecule has 0 aromatic heterocycles. The van der Waals surface area contributed by atoms with E-state index in [-0.39, 0.29) is 10.7 Å². The van der Waals surface area contributed by atoms with E-state index in [1.54, 1.807) is 25.2 Å². The first-order chi connectivity index (χ1) is 9.80. The Morgan fingerprint density at radius 2 is 2.14 bits per heavy atom. The second-order valence-corrected chi connectivity index (χ2v) is 7.83. The smallest absolute Gasteiger partial charge is 0.242 e. The normalized spacial score (nSPS) is 20.1. The van der Waals surface area contributed by atoms with E-state index in [1.165, 1.54) is 17.3 Å². The van der Waals surface area contributed by atoms with Crippen LogP contribution >= 0.6 is 0 Å². The first kappa shape index (κ1) is 16.1. The fourth-order valence-electron chi connectivity index (χ4n) is 2.69. The van der Waals surface area contributed by atoms with Crippen molar-refractivity contribution in [2.45, 2.75) is 18.2 Å². The minimum atomic E-state index is -3.54. The number of benzene rings is 1. The summed E-state index contributed by atoms with van der Waals surface area (Å²) in [6.07, 6.45) is 1.02. The maximum Gasteiger partial charge on any atom is 0.242 e. The summed E-state index contributed by atoms with van der Waals surface area (Å²) >= 11 is 0. The lowest BCUT2D eigenvalue weighted by Crippen LogP contribution is -2.33. The molecule has 0 spiro atoms. The van der Waals surface area contributed by atoms with Crippen LogP contribution in [0.4, 0.5) is 0 Å². The van der Waals surface area contributed by atoms with Gasteiger partial charge >= 0.3 is 0 Å². The molecule has 6 heteroatoms. The summed E-state index contributed by atoms with van der Waals surface area (Å²) in [5, 5.41) is 0. The summed E-state index contributed by atoms with van der Waals surface area (Å²) in [6, 6.07) is 6.24. The number of hydrogen-bond donors (Lipinski definition) is 0. The third-order valence-electron chi connectivity index (χ3n) is 3.95. The SMILES string of the molecule is CC(=O)c1cccc(S(=O)(=O)N(C)CC2CCN(C)C2)c1. The summed E-state index contributed by atoms with van der Waals surface area (Å²) < 4.78 is 26.6. The van der Waals surface area contributed by atoms with Crippen LogP contribution in [0.2, 0.25) is 0 Å². The van der Waals surface area contributed by atoms with E-state index in [0.29, 0.717) is 18.0 Å². The molecule has 5 nitrogen and oxygen atoms in total. The minimum absolute atomic E-state index is 0.132. The molecule has 0 amide bonds. The number of Topliss-reactive ketones (excluding diaryl/α,β-unsaturated/α-hetero) is 1. The third-order valence-corrected chi connectivity index (χ3v) is 5.77. The second-order valence-electron chi connectivity index (χ2n) is 5.79. The van der Waals surface area contributed by atoms with Gasteiger partial charge in [-0.25, -0.2) is 12.7 Å². The number of carbonyl (C=O) groups is 1. The van der Waals surface area contributed by atoms with Crippen molar-refractivity contribution < 1.29 is 13.2 Å². The van der Waals surface area contributed by atoms with Gasteiger partial charge < -0.3 is 4.90 Å². The van der Waals surface area contributed by atoms with Crippen LogP contribution in [-0.2, 0) is 10.0 Å². The van der Waals surface area contributed by atoms with Crippen molar-refractivity contribution in [3.63, 3.8) is 0 Å². The number of carbonyl (C=O) groups excluding carboxylic acids is 1. The zero-order valence-electron chi connectivity index (χ0n) is 12.7. The summed E-state index contributed by atoms with van der Waals surface area (Å²) in [7, 11) is 0.114. The van der Waals surface area contributed by atoms with Gasteiger partial charge in [-0.05, 0) is 45.0 Å². The molecule has 1 aliphatic heterocycles. The Hall–Kier alpha value is -1.24. The molecular formula is C15H22N2O3S. The lowest BCUT2D eigenvalue weighted by molar-refractivity contribution is 0.101. The number of hydrogen-bond acceptors (Lipinski definition) is 4. The lowest BCUT2D eigenvalue weighted by Gasteiger charge is -2.21. The van der Waals surface area contributed by atoms with Gasteiger partial charge in [0.15, 0.2) is 5.78 Å². The topological polar surface area (TPSA) is 57.7 Å². The molecule has 21 heavy (non-hydrogen) atoms. The molecule has 0 aliphatic carbocycles. The summed E-state index contributed by atoms with van der Waals surface area (Å²) in [5.74, 6) is 0.234. The van der Waals surface area contributed by atoms with Crippen LogP contribution in [0.15, 0.2) is 29.2 Å². The van der Waals surface area contributed by atoms with E-state index < -0.39 is 10.0 Å². The van der Waals surface area contributed by atoms with Gasteiger partial charge in [0, 0.05) is 25.7 Å². The first-order valence-corrected chi connectivity index (χ1v) is 8.50. The van der Waals surface area contributed by atoms with Crippen LogP contribution in [-0.4, -0.2) is 57.1 Å². The van der Waals surface area contributed by atoms with E-state index in [2.05, 4.69) is 4.90 Å². The summed E-state index contributed by atoms with van der Waals surface area (Å²) in [6.45, 7) is 3.88. The first-order valence-electron chi connectivity index (χ1n) is 7.06. The Bertz CT molecular complexity index is 628. The molecule has 0 saturated carbocycles. The van der Waals surface area contributed by atoms with Gasteiger partial charge in [0.2, 0.25) is 10.0 Å². The van der Waals surface area contributed by atoms with Crippen LogP contribution in [0.3, 0.4) is 0 Å². The molecule has 1 fully saturated rings. The highest BCUT2D eigenvalue weighted by Gasteiger charge is 2.27. The number of nitrogens with zero attached hydrogens (tertiary/aromatic N) is 2. The van der Waals surface area contributed by atoms with E-state index in [1.807, 2.05) is 7.05 Å². The van der Waals surface area contributed by atoms with Gasteiger partial charge in [0.25, 0.3) is 0 Å². The molecule has 1 aromatic rings. The molecule has 0 radical (unpaired) electrons. The highest BCUT2D eigenvalue weighted by Crippen LogP contribution is 2.21. The molecule has 1 unspecified atom stereocenters. The van der Waals surface area contributed by atoms with Crippen LogP contribution in [0.1, 0.15) is 23.7 Å². The number of likely N-dealkylation sites (tertiary alicyclic amines) is 1. The second kappa shape index (κ2) is 6.25. The van der Waals surface area contributed by atoms with E-state index in [4.69, 9.17) is 0 Å². The van der Waals surface area contributed by atoms with E-state index in [0.717, 1.165) is 19.5 Å². The molecule has 1 aliphatic rings. The number of ketones is 1. The largest absolute Gasteiger partial charge is 0.306 e. The summed E-state index contributed by atoms with van der Waals surface area (Å²) in [4.78, 5) is 13.8. The molecule has 116 valence electrons. The minimum Gasteiger partial charge on any atom is -0.306 e. The van der Waals surface area contributed by atoms with Gasteiger partial charge in [-0.1, -0.05) is 12.1 Å². The Morgan fingerprint density at radius 1 is 1.43 bits per heavy atom. The highest BCUT2D eigenvalue weighted by molar-refractivity contribution is 7.89. The Kier molecular flexibility index (Phi) is 4.81. The van der Waals surface area contributed by atoms with Gasteiger partial charge in [0.1, 0.15) is 0 Å². The summed E-state index contributed by atoms with van der Waals surface area (Å²) in [5.41, 5.74) is 0.421. The van der Waals surface area contributed by atoms with Gasteiger partial charge in [-0.2, -0.15) is 0 Å². The number of sulfonamides is 1. The average Bonchev–Trinajstić information content (AvgIpc) is 2.84. The molecule has 1 aromatic carbocycles. The van der Waals surface area contributed by atoms with Crippen molar-refractivity contribution in [3.8, 4) is 0 Å². The van der Waals surface area contributed by atoms with Crippen LogP contribution < -0.4 is 0 Å². The fraction of sp³-hybridized carbons (Fsp3) is 0.533. The standard InChI is InChI=1S/C15H22N2O3S/c1-12(18)14-5-4-6-15(9-14)21(19,20)17(3)11-13-7-8-16(2)10-13/h4-6,9,13H,7-8,10-11H2,1-3H3. The van der Waals surface area contributed by atoms with Crippen molar-refractivity contribution in [2.75, 3.05) is 33.7 Å². The molecule has 1 saturated heterocycles. The van der Waals surface area contributed by atoms with Crippen LogP contribution in [0, 0.1) is 5.92 Å². The zero-order valence-corrected chi connectivity index (χ0v) is 13.6. The van der Waals surface area contributed by atoms with Crippen molar-refractivity contribution in [1.82, 2.24) is 9.21 Å². The van der Waals surface area contributed by atoms with Crippen LogP contribution in [0.5, 0.6) is 0 Å². The molecule has 0 bridgehead atoms. The lowest BCUT2D eigenvalue weighted by atomic mass is 10.1. The van der Waals surface area contributed by atoms with E-state index >= 15 is 0 Å². The quantitative estimate of drug-likeness (QED) is 0.773. The zero-order chi connectivity index (χ0) is 15.6. The highest BCUT2D eigenvalue weighted by atomic mass is 32.2. The molecule has 1 atom stereocenters. The Morgan fingerprint density at radius 3 is 2.71 bits per heavy atom. The Balaban J connectivity index is 2.17. The van der Waals surface area contributed by atoms with Crippen molar-refractivity contribution in [1.29, 1.82) is 0 Å². The van der Waals surface area contributed by atoms with Crippen molar-refractivity contribution in [3.05, 3.63) is 29.8 Å². The molecule has 0 N–H and O–H groups in total. The average molecular weight is 310 g/mol. The predicted octanol–water partition coefficient (Wildman–Crippen LogP) is 1.46. The number of rotatable bonds is 5. The van der Waals surface area contributed by atoms with Crippen molar-refractivity contribution in [2.24, 2.45) is 5.92 Å². The maximum atomic E-state index is 12.6. The van der Waals surface area contributed by atoms with Gasteiger partial charge in [-0.3, -0.25) is 4.79 Å². The van der Waals surface area contributed by atoms with Gasteiger partial charge in [-0.15, -0.1) is 0 Å². The van der Waals surface area contributed by atoms with Gasteiger partial charge in [0.05, 0.1) is 4.90 Å². The van der Waals surface area contributed by atoms with Crippen molar-refractivity contribution >= 4 is 15.8 Å². The van der Waals surface area contributed by atoms with Crippen LogP contribution in [0.25, 0.3) is 0 Å². The Labute approximate surface area is 126 Å². The molecular weight excluding hydrogens is 288 g/mol. The molecule has 1 heterocycles. The molecule has 2 rings (SSSR count).